The number of hydrogen-bond acceptors (Lipinski definition) is 5. The van der Waals surface area contributed by atoms with Gasteiger partial charge in [0.25, 0.3) is 0 Å². The lowest BCUT2D eigenvalue weighted by Crippen LogP contribution is -2.32. The summed E-state index contributed by atoms with van der Waals surface area (Å²) in [5.74, 6) is -0.243. The molecule has 0 aliphatic carbocycles. The highest BCUT2D eigenvalue weighted by Gasteiger charge is 2.12. The number of carboxylic acids is 1. The van der Waals surface area contributed by atoms with Crippen molar-refractivity contribution >= 4 is 24.8 Å². The van der Waals surface area contributed by atoms with Crippen LogP contribution in [0.1, 0.15) is 0 Å². The van der Waals surface area contributed by atoms with Crippen molar-refractivity contribution in [1.29, 1.82) is 0 Å². The molecule has 0 radical (unpaired) electrons. The summed E-state index contributed by atoms with van der Waals surface area (Å²) in [4.78, 5) is 10.2. The molecule has 0 aliphatic rings. The molecular weight excluding hydrogens is 181 g/mol. The molecule has 0 aliphatic heterocycles. The molecule has 0 saturated heterocycles. The molecule has 7 heteroatoms. The lowest BCUT2D eigenvalue weighted by molar-refractivity contribution is -0.137. The van der Waals surface area contributed by atoms with Crippen molar-refractivity contribution < 1.29 is 19.9 Å². The third kappa shape index (κ3) is 6.47. The van der Waals surface area contributed by atoms with Gasteiger partial charge in [-0.1, -0.05) is 0 Å². The molecule has 0 aromatic rings. The van der Waals surface area contributed by atoms with Crippen LogP contribution in [-0.2, 0) is 4.79 Å². The van der Waals surface area contributed by atoms with Crippen LogP contribution in [0.3, 0.4) is 0 Å². The van der Waals surface area contributed by atoms with E-state index < -0.39 is 19.1 Å². The first-order valence-corrected chi connectivity index (χ1v) is 4.61. The molecule has 0 bridgehead atoms. The number of carbonyl (C=O) groups is 1. The Balaban J connectivity index is 3.25. The number of hydrogen-bond donors (Lipinski definition) is 4. The first-order chi connectivity index (χ1) is 5.54. The molecule has 0 spiro atoms. The van der Waals surface area contributed by atoms with Gasteiger partial charge in [0.15, 0.2) is 0 Å². The minimum atomic E-state index is -1.32. The van der Waals surface area contributed by atoms with E-state index in [9.17, 15) is 4.79 Å². The molecule has 0 rings (SSSR count). The molecule has 0 aromatic carbocycles. The number of nitrogens with two attached hydrogens (primary N) is 1. The molecule has 0 aromatic heterocycles. The summed E-state index contributed by atoms with van der Waals surface area (Å²) < 4.78 is 0. The zero-order valence-electron chi connectivity index (χ0n) is 6.51. The van der Waals surface area contributed by atoms with Crippen molar-refractivity contribution in [3.63, 3.8) is 0 Å². The van der Waals surface area contributed by atoms with E-state index in [4.69, 9.17) is 20.9 Å². The average molecular weight is 193 g/mol. The summed E-state index contributed by atoms with van der Waals surface area (Å²) in [6, 6.07) is -0.870. The molecule has 0 amide bonds. The van der Waals surface area contributed by atoms with E-state index in [0.29, 0.717) is 11.5 Å². The highest BCUT2D eigenvalue weighted by Crippen LogP contribution is 2.04. The van der Waals surface area contributed by atoms with Crippen LogP contribution in [0.4, 0.5) is 0 Å². The Labute approximate surface area is 75.1 Å². The first-order valence-electron chi connectivity index (χ1n) is 3.46. The van der Waals surface area contributed by atoms with Crippen molar-refractivity contribution in [3.8, 4) is 0 Å². The lowest BCUT2D eigenvalue weighted by atomic mass is 9.88. The largest absolute Gasteiger partial charge is 0.480 e. The summed E-state index contributed by atoms with van der Waals surface area (Å²) in [7, 11) is -1.32. The van der Waals surface area contributed by atoms with Gasteiger partial charge in [-0.15, -0.1) is 0 Å². The first kappa shape index (κ1) is 11.8. The van der Waals surface area contributed by atoms with Gasteiger partial charge in [0.2, 0.25) is 0 Å². The van der Waals surface area contributed by atoms with Gasteiger partial charge in [-0.2, -0.15) is 11.8 Å². The minimum Gasteiger partial charge on any atom is -0.480 e. The van der Waals surface area contributed by atoms with Crippen LogP contribution >= 0.6 is 11.8 Å². The van der Waals surface area contributed by atoms with Crippen LogP contribution in [0.2, 0.25) is 6.32 Å². The van der Waals surface area contributed by atoms with Crippen LogP contribution in [-0.4, -0.2) is 45.8 Å². The van der Waals surface area contributed by atoms with E-state index in [0.717, 1.165) is 0 Å². The lowest BCUT2D eigenvalue weighted by Gasteiger charge is -2.04. The molecule has 0 fully saturated rings. The van der Waals surface area contributed by atoms with E-state index in [1.807, 2.05) is 0 Å². The van der Waals surface area contributed by atoms with Gasteiger partial charge in [0, 0.05) is 5.75 Å². The predicted octanol–water partition coefficient (Wildman–Crippen LogP) is -1.40. The average Bonchev–Trinajstić information content (AvgIpc) is 1.97. The Bertz CT molecular complexity index is 145. The van der Waals surface area contributed by atoms with E-state index in [1.54, 1.807) is 0 Å². The SMILES string of the molecule is NC(CSCCB(O)O)C(=O)O. The van der Waals surface area contributed by atoms with Crippen LogP contribution in [0.15, 0.2) is 0 Å². The predicted molar refractivity (Wildman–Crippen MR) is 47.9 cm³/mol. The van der Waals surface area contributed by atoms with Gasteiger partial charge in [0.05, 0.1) is 0 Å². The third-order valence-electron chi connectivity index (χ3n) is 1.13. The van der Waals surface area contributed by atoms with Gasteiger partial charge < -0.3 is 20.9 Å². The Morgan fingerprint density at radius 2 is 2.17 bits per heavy atom. The summed E-state index contributed by atoms with van der Waals surface area (Å²) in [6.07, 6.45) is 0.233. The van der Waals surface area contributed by atoms with Crippen LogP contribution in [0.5, 0.6) is 0 Å². The Morgan fingerprint density at radius 1 is 1.58 bits per heavy atom. The maximum atomic E-state index is 10.2. The number of rotatable bonds is 6. The minimum absolute atomic E-state index is 0.233. The van der Waals surface area contributed by atoms with E-state index >= 15 is 0 Å². The molecule has 12 heavy (non-hydrogen) atoms. The Morgan fingerprint density at radius 3 is 2.58 bits per heavy atom. The maximum absolute atomic E-state index is 10.2. The topological polar surface area (TPSA) is 104 Å². The standard InChI is InChI=1S/C5H12BNO4S/c7-4(5(8)9)3-12-2-1-6(10)11/h4,10-11H,1-3,7H2,(H,8,9). The molecule has 1 unspecified atom stereocenters. The number of aliphatic carboxylic acids is 1. The quantitative estimate of drug-likeness (QED) is 0.305. The summed E-state index contributed by atoms with van der Waals surface area (Å²) in [5.41, 5.74) is 5.19. The number of thioether (sulfide) groups is 1. The summed E-state index contributed by atoms with van der Waals surface area (Å²) >= 11 is 1.29. The van der Waals surface area contributed by atoms with E-state index in [-0.39, 0.29) is 6.32 Å². The van der Waals surface area contributed by atoms with Crippen LogP contribution in [0, 0.1) is 0 Å². The van der Waals surface area contributed by atoms with Crippen LogP contribution < -0.4 is 5.73 Å². The van der Waals surface area contributed by atoms with Crippen molar-refractivity contribution in [2.24, 2.45) is 5.73 Å². The summed E-state index contributed by atoms with van der Waals surface area (Å²) in [5, 5.41) is 25.2. The fourth-order valence-corrected chi connectivity index (χ4v) is 1.41. The van der Waals surface area contributed by atoms with Gasteiger partial charge in [0.1, 0.15) is 6.04 Å². The van der Waals surface area contributed by atoms with Crippen molar-refractivity contribution in [1.82, 2.24) is 0 Å². The fourth-order valence-electron chi connectivity index (χ4n) is 0.470. The second-order valence-corrected chi connectivity index (χ2v) is 3.44. The highest BCUT2D eigenvalue weighted by molar-refractivity contribution is 7.99. The zero-order valence-corrected chi connectivity index (χ0v) is 7.33. The molecule has 5 nitrogen and oxygen atoms in total. The number of carboxylic acid groups (broad SMARTS) is 1. The van der Waals surface area contributed by atoms with Gasteiger partial charge in [-0.05, 0) is 12.1 Å². The fraction of sp³-hybridized carbons (Fsp3) is 0.800. The highest BCUT2D eigenvalue weighted by atomic mass is 32.2. The third-order valence-corrected chi connectivity index (χ3v) is 2.25. The summed E-state index contributed by atoms with van der Waals surface area (Å²) in [6.45, 7) is 0. The van der Waals surface area contributed by atoms with Crippen molar-refractivity contribution in [2.45, 2.75) is 12.4 Å². The smallest absolute Gasteiger partial charge is 0.452 e. The maximum Gasteiger partial charge on any atom is 0.452 e. The zero-order chi connectivity index (χ0) is 9.56. The molecule has 0 saturated carbocycles. The molecule has 0 heterocycles. The van der Waals surface area contributed by atoms with Crippen molar-refractivity contribution in [2.75, 3.05) is 11.5 Å². The monoisotopic (exact) mass is 193 g/mol. The Hall–Kier alpha value is -0.235. The molecule has 70 valence electrons. The molecule has 1 atom stereocenters. The van der Waals surface area contributed by atoms with Gasteiger partial charge in [-0.3, -0.25) is 4.79 Å². The van der Waals surface area contributed by atoms with Crippen molar-refractivity contribution in [3.05, 3.63) is 0 Å². The second kappa shape index (κ2) is 6.30. The Kier molecular flexibility index (Phi) is 6.18. The van der Waals surface area contributed by atoms with E-state index in [2.05, 4.69) is 0 Å². The van der Waals surface area contributed by atoms with Gasteiger partial charge in [-0.25, -0.2) is 0 Å². The molecular formula is C5H12BNO4S. The molecule has 5 N–H and O–H groups in total. The van der Waals surface area contributed by atoms with E-state index in [1.165, 1.54) is 11.8 Å². The van der Waals surface area contributed by atoms with Crippen LogP contribution in [0.25, 0.3) is 0 Å². The van der Waals surface area contributed by atoms with Gasteiger partial charge >= 0.3 is 13.1 Å². The normalized spacial score (nSPS) is 12.6. The second-order valence-electron chi connectivity index (χ2n) is 2.29.